The Morgan fingerprint density at radius 3 is 2.51 bits per heavy atom. The van der Waals surface area contributed by atoms with Gasteiger partial charge < -0.3 is 30.9 Å². The molecule has 43 heavy (non-hydrogen) atoms. The molecule has 0 radical (unpaired) electrons. The molecule has 1 aliphatic heterocycles. The zero-order chi connectivity index (χ0) is 31.2. The Hall–Kier alpha value is -3.53. The summed E-state index contributed by atoms with van der Waals surface area (Å²) in [5.41, 5.74) is 2.32. The molecule has 0 bridgehead atoms. The predicted molar refractivity (Wildman–Crippen MR) is 164 cm³/mol. The normalized spacial score (nSPS) is 37.3. The van der Waals surface area contributed by atoms with Crippen molar-refractivity contribution in [2.24, 2.45) is 23.2 Å². The van der Waals surface area contributed by atoms with E-state index >= 15 is 0 Å². The van der Waals surface area contributed by atoms with Crippen LogP contribution in [0.4, 0.5) is 0 Å². The molecule has 9 nitrogen and oxygen atoms in total. The van der Waals surface area contributed by atoms with E-state index in [-0.39, 0.29) is 5.92 Å². The molecule has 0 saturated carbocycles. The first-order chi connectivity index (χ1) is 20.4. The maximum atomic E-state index is 14.7. The Morgan fingerprint density at radius 2 is 1.79 bits per heavy atom. The van der Waals surface area contributed by atoms with Crippen molar-refractivity contribution in [1.29, 1.82) is 0 Å². The highest BCUT2D eigenvalue weighted by atomic mass is 16.3. The fourth-order valence-electron chi connectivity index (χ4n) is 7.71. The fraction of sp³-hybridized carbons (Fsp3) is 0.500. The van der Waals surface area contributed by atoms with Crippen molar-refractivity contribution in [3.05, 3.63) is 71.0 Å². The summed E-state index contributed by atoms with van der Waals surface area (Å²) in [6, 6.07) is 6.32. The molecule has 9 atom stereocenters. The Bertz CT molecular complexity index is 1520. The number of amides is 2. The van der Waals surface area contributed by atoms with Crippen molar-refractivity contribution in [3.63, 3.8) is 0 Å². The summed E-state index contributed by atoms with van der Waals surface area (Å²) in [5.74, 6) is -2.91. The van der Waals surface area contributed by atoms with Crippen molar-refractivity contribution in [2.45, 2.75) is 84.3 Å². The maximum Gasteiger partial charge on any atom is 0.235 e. The molecule has 2 aliphatic carbocycles. The number of fused-ring (bicyclic) bond motifs is 1. The predicted octanol–water partition coefficient (Wildman–Crippen LogP) is 2.87. The van der Waals surface area contributed by atoms with Gasteiger partial charge in [0.2, 0.25) is 11.8 Å². The first-order valence-corrected chi connectivity index (χ1v) is 15.1. The third-order valence-corrected chi connectivity index (χ3v) is 9.95. The molecule has 2 amide bonds. The Balaban J connectivity index is 1.66. The summed E-state index contributed by atoms with van der Waals surface area (Å²) >= 11 is 0. The third kappa shape index (κ3) is 5.28. The van der Waals surface area contributed by atoms with E-state index in [1.165, 1.54) is 6.92 Å². The molecule has 2 heterocycles. The van der Waals surface area contributed by atoms with Gasteiger partial charge in [-0.25, -0.2) is 0 Å². The van der Waals surface area contributed by atoms with Gasteiger partial charge in [0.1, 0.15) is 17.6 Å². The number of hydrogen-bond acceptors (Lipinski definition) is 6. The van der Waals surface area contributed by atoms with Gasteiger partial charge in [0, 0.05) is 48.3 Å². The number of aliphatic hydroxyl groups is 3. The number of rotatable bonds is 3. The second kappa shape index (κ2) is 11.9. The van der Waals surface area contributed by atoms with Crippen molar-refractivity contribution in [2.75, 3.05) is 0 Å². The summed E-state index contributed by atoms with van der Waals surface area (Å²) < 4.78 is 0. The molecule has 5 rings (SSSR count). The van der Waals surface area contributed by atoms with Crippen LogP contribution in [0.1, 0.15) is 53.0 Å². The number of nitrogens with one attached hydrogen (secondary N) is 3. The molecular weight excluding hydrogens is 546 g/mol. The largest absolute Gasteiger partial charge is 0.388 e. The highest BCUT2D eigenvalue weighted by Gasteiger charge is 2.67. The van der Waals surface area contributed by atoms with Crippen molar-refractivity contribution < 1.29 is 29.7 Å². The average molecular weight is 590 g/mol. The zero-order valence-corrected chi connectivity index (χ0v) is 25.4. The zero-order valence-electron chi connectivity index (χ0n) is 25.4. The van der Waals surface area contributed by atoms with E-state index in [0.717, 1.165) is 27.6 Å². The number of allylic oxidation sites excluding steroid dienone is 2. The molecule has 9 heteroatoms. The topological polar surface area (TPSA) is 152 Å². The van der Waals surface area contributed by atoms with Crippen LogP contribution < -0.4 is 10.6 Å². The number of carbonyl (C=O) groups excluding carboxylic acids is 3. The number of aromatic nitrogens is 1. The molecule has 1 aromatic carbocycles. The minimum atomic E-state index is -1.68. The lowest BCUT2D eigenvalue weighted by atomic mass is 9.54. The highest BCUT2D eigenvalue weighted by molar-refractivity contribution is 6.10. The van der Waals surface area contributed by atoms with E-state index in [1.807, 2.05) is 63.4 Å². The van der Waals surface area contributed by atoms with Gasteiger partial charge in [0.15, 0.2) is 5.78 Å². The Labute approximate surface area is 252 Å². The SMILES string of the molecule is CC(=O)NC1CC(=O)C23C(=O)NC(Cc4c[nH]c5ccccc45)C2C(C)=C(C)C(O)C3/C=C/CC(C)/C=C(/C)C(O)C1O. The van der Waals surface area contributed by atoms with Crippen LogP contribution in [-0.2, 0) is 20.8 Å². The minimum absolute atomic E-state index is 0.0355. The second-order valence-electron chi connectivity index (χ2n) is 12.7. The van der Waals surface area contributed by atoms with Crippen LogP contribution in [0, 0.1) is 23.2 Å². The van der Waals surface area contributed by atoms with Crippen molar-refractivity contribution in [3.8, 4) is 0 Å². The second-order valence-corrected chi connectivity index (χ2v) is 12.7. The van der Waals surface area contributed by atoms with Gasteiger partial charge in [-0.1, -0.05) is 48.9 Å². The molecule has 6 N–H and O–H groups in total. The van der Waals surface area contributed by atoms with Crippen molar-refractivity contribution in [1.82, 2.24) is 15.6 Å². The fourth-order valence-corrected chi connectivity index (χ4v) is 7.71. The summed E-state index contributed by atoms with van der Waals surface area (Å²) in [6.45, 7) is 8.68. The van der Waals surface area contributed by atoms with E-state index in [9.17, 15) is 29.7 Å². The molecular formula is C34H43N3O6. The lowest BCUT2D eigenvalue weighted by Gasteiger charge is -2.46. The number of H-pyrrole nitrogens is 1. The number of Topliss-reactive ketones (excluding diaryl/α,β-unsaturated/α-hetero) is 1. The molecule has 1 fully saturated rings. The summed E-state index contributed by atoms with van der Waals surface area (Å²) in [7, 11) is 0. The highest BCUT2D eigenvalue weighted by Crippen LogP contribution is 2.55. The smallest absolute Gasteiger partial charge is 0.235 e. The number of aromatic amines is 1. The van der Waals surface area contributed by atoms with Crippen molar-refractivity contribution >= 4 is 28.5 Å². The lowest BCUT2D eigenvalue weighted by Crippen LogP contribution is -2.58. The Kier molecular flexibility index (Phi) is 8.53. The average Bonchev–Trinajstić information content (AvgIpc) is 3.50. The standard InChI is InChI=1S/C34H43N3O6/c1-17-9-8-11-24-31(41)20(4)19(3)29-26(14-22-16-35-25-12-7-6-10-23(22)25)37-33(43)34(24,29)28(39)15-27(36-21(5)38)32(42)30(40)18(2)13-17/h6-8,10-13,16-17,24,26-27,29-32,35,40-42H,9,14-15H2,1-5H3,(H,36,38)(H,37,43)/b11-8+,18-13-. The van der Waals surface area contributed by atoms with Gasteiger partial charge in [-0.15, -0.1) is 0 Å². The molecule has 1 spiro atoms. The van der Waals surface area contributed by atoms with Crippen LogP contribution in [0.5, 0.6) is 0 Å². The molecule has 9 unspecified atom stereocenters. The molecule has 3 aliphatic rings. The lowest BCUT2D eigenvalue weighted by molar-refractivity contribution is -0.148. The quantitative estimate of drug-likeness (QED) is 0.239. The van der Waals surface area contributed by atoms with Crippen LogP contribution in [0.25, 0.3) is 10.9 Å². The molecule has 1 aromatic heterocycles. The number of benzene rings is 1. The van der Waals surface area contributed by atoms with Gasteiger partial charge >= 0.3 is 0 Å². The number of para-hydroxylation sites is 1. The van der Waals surface area contributed by atoms with Crippen LogP contribution in [0.15, 0.2) is 65.4 Å². The number of aliphatic hydroxyl groups excluding tert-OH is 3. The van der Waals surface area contributed by atoms with Gasteiger partial charge in [-0.3, -0.25) is 14.4 Å². The molecule has 230 valence electrons. The number of ketones is 1. The third-order valence-electron chi connectivity index (χ3n) is 9.95. The van der Waals surface area contributed by atoms with Crippen LogP contribution in [0.3, 0.4) is 0 Å². The van der Waals surface area contributed by atoms with Gasteiger partial charge in [0.05, 0.1) is 12.1 Å². The van der Waals surface area contributed by atoms with Gasteiger partial charge in [-0.2, -0.15) is 0 Å². The minimum Gasteiger partial charge on any atom is -0.388 e. The van der Waals surface area contributed by atoms with Crippen LogP contribution in [-0.4, -0.2) is 68.3 Å². The summed E-state index contributed by atoms with van der Waals surface area (Å²) in [5, 5.41) is 40.8. The van der Waals surface area contributed by atoms with E-state index < -0.39 is 71.7 Å². The summed E-state index contributed by atoms with van der Waals surface area (Å²) in [4.78, 5) is 44.6. The van der Waals surface area contributed by atoms with Gasteiger partial charge in [0.25, 0.3) is 0 Å². The van der Waals surface area contributed by atoms with E-state index in [2.05, 4.69) is 15.6 Å². The number of carbonyl (C=O) groups is 3. The maximum absolute atomic E-state index is 14.7. The molecule has 2 aromatic rings. The van der Waals surface area contributed by atoms with E-state index in [1.54, 1.807) is 13.0 Å². The summed E-state index contributed by atoms with van der Waals surface area (Å²) in [6.07, 6.45) is 4.19. The number of hydrogen-bond donors (Lipinski definition) is 6. The van der Waals surface area contributed by atoms with Gasteiger partial charge in [-0.05, 0) is 62.3 Å². The first-order valence-electron chi connectivity index (χ1n) is 15.1. The van der Waals surface area contributed by atoms with E-state index in [4.69, 9.17) is 0 Å². The monoisotopic (exact) mass is 589 g/mol. The van der Waals surface area contributed by atoms with Crippen LogP contribution in [0.2, 0.25) is 0 Å². The molecule has 1 saturated heterocycles. The van der Waals surface area contributed by atoms with E-state index in [0.29, 0.717) is 18.4 Å². The Morgan fingerprint density at radius 1 is 1.07 bits per heavy atom. The van der Waals surface area contributed by atoms with Crippen LogP contribution >= 0.6 is 0 Å². The first kappa shape index (κ1) is 30.9.